The van der Waals surface area contributed by atoms with Crippen molar-refractivity contribution in [3.05, 3.63) is 11.6 Å². The van der Waals surface area contributed by atoms with E-state index in [1.54, 1.807) is 0 Å². The van der Waals surface area contributed by atoms with Gasteiger partial charge in [-0.1, -0.05) is 0 Å². The molecule has 0 aromatic rings. The van der Waals surface area contributed by atoms with Crippen LogP contribution < -0.4 is 0 Å². The van der Waals surface area contributed by atoms with Crippen molar-refractivity contribution in [1.29, 1.82) is 0 Å². The average Bonchev–Trinajstić information content (AvgIpc) is 2.99. The van der Waals surface area contributed by atoms with Gasteiger partial charge >= 0.3 is 211 Å². The Bertz CT molecular complexity index is 828. The fraction of sp³-hybridized carbons (Fsp3) is 0.857. The number of carbonyl (C=O) groups is 2. The number of Topliss-reactive ketones (excluding diaryl/α,β-unsaturated/α-hetero) is 1. The first kappa shape index (κ1) is 25.7. The molecule has 0 amide bonds. The number of aliphatic hydroxyl groups is 1. The van der Waals surface area contributed by atoms with E-state index in [1.165, 1.54) is 17.0 Å². The molecule has 4 nitrogen and oxygen atoms in total. The van der Waals surface area contributed by atoms with Crippen molar-refractivity contribution in [2.75, 3.05) is 0 Å². The van der Waals surface area contributed by atoms with Gasteiger partial charge in [-0.15, -0.1) is 0 Å². The van der Waals surface area contributed by atoms with Gasteiger partial charge in [0.1, 0.15) is 0 Å². The summed E-state index contributed by atoms with van der Waals surface area (Å²) in [5.74, 6) is 1.95. The Labute approximate surface area is 210 Å². The van der Waals surface area contributed by atoms with Crippen molar-refractivity contribution in [1.82, 2.24) is 0 Å². The molecule has 3 fully saturated rings. The van der Waals surface area contributed by atoms with Gasteiger partial charge in [0.25, 0.3) is 0 Å². The van der Waals surface area contributed by atoms with Gasteiger partial charge in [-0.2, -0.15) is 0 Å². The second-order valence-electron chi connectivity index (χ2n) is 13.1. The van der Waals surface area contributed by atoms with E-state index < -0.39 is 6.10 Å². The van der Waals surface area contributed by atoms with E-state index in [0.29, 0.717) is 45.8 Å². The van der Waals surface area contributed by atoms with E-state index in [9.17, 15) is 14.7 Å². The maximum atomic E-state index is 12.8. The molecule has 5 heteroatoms. The van der Waals surface area contributed by atoms with Crippen LogP contribution in [-0.2, 0) is 14.3 Å². The van der Waals surface area contributed by atoms with E-state index in [2.05, 4.69) is 40.7 Å². The number of fused-ring (bicyclic) bond motifs is 5. The number of ketones is 1. The van der Waals surface area contributed by atoms with Gasteiger partial charge in [-0.3, -0.25) is 0 Å². The fourth-order valence-electron chi connectivity index (χ4n) is 8.24. The van der Waals surface area contributed by atoms with Crippen LogP contribution >= 0.6 is 0 Å². The molecule has 0 bridgehead atoms. The number of carbonyl (C=O) groups excluding carboxylic acids is 2. The van der Waals surface area contributed by atoms with Crippen molar-refractivity contribution >= 4 is 32.7 Å². The molecule has 0 saturated heterocycles. The minimum atomic E-state index is -0.431. The van der Waals surface area contributed by atoms with Crippen LogP contribution in [0.5, 0.6) is 0 Å². The fourth-order valence-corrected chi connectivity index (χ4v) is 13.3. The summed E-state index contributed by atoms with van der Waals surface area (Å²) in [6.07, 6.45) is 7.30. The first-order valence-corrected chi connectivity index (χ1v) is 15.9. The van der Waals surface area contributed by atoms with Crippen LogP contribution in [0.3, 0.4) is 0 Å². The Morgan fingerprint density at radius 3 is 2.52 bits per heavy atom. The van der Waals surface area contributed by atoms with E-state index in [-0.39, 0.29) is 49.7 Å². The third-order valence-corrected chi connectivity index (χ3v) is 15.2. The summed E-state index contributed by atoms with van der Waals surface area (Å²) in [6, 6.07) is 0. The van der Waals surface area contributed by atoms with Gasteiger partial charge in [-0.25, -0.2) is 0 Å². The van der Waals surface area contributed by atoms with Crippen LogP contribution in [0.2, 0.25) is 8.43 Å². The molecule has 33 heavy (non-hydrogen) atoms. The number of esters is 1. The van der Waals surface area contributed by atoms with E-state index in [1.807, 2.05) is 6.92 Å². The molecule has 4 rings (SSSR count). The van der Waals surface area contributed by atoms with Crippen LogP contribution in [0.4, 0.5) is 0 Å². The molecule has 0 radical (unpaired) electrons. The molecule has 9 atom stereocenters. The van der Waals surface area contributed by atoms with Crippen LogP contribution in [-0.4, -0.2) is 50.0 Å². The Morgan fingerprint density at radius 1 is 1.21 bits per heavy atom. The molecular formula is C28H44O4Te. The summed E-state index contributed by atoms with van der Waals surface area (Å²) in [5.41, 5.74) is 1.57. The molecular weight excluding hydrogens is 528 g/mol. The van der Waals surface area contributed by atoms with Gasteiger partial charge < -0.3 is 0 Å². The Balaban J connectivity index is 1.72. The summed E-state index contributed by atoms with van der Waals surface area (Å²) in [7, 11) is 0. The minimum absolute atomic E-state index is 0.104. The first-order chi connectivity index (χ1) is 15.3. The summed E-state index contributed by atoms with van der Waals surface area (Å²) in [4.78, 5) is 24.9. The third kappa shape index (κ3) is 4.49. The second kappa shape index (κ2) is 8.93. The normalized spacial score (nSPS) is 44.8. The number of ether oxygens (including phenoxy) is 1. The molecule has 0 spiro atoms. The van der Waals surface area contributed by atoms with E-state index in [4.69, 9.17) is 4.74 Å². The summed E-state index contributed by atoms with van der Waals surface area (Å²) in [6.45, 7) is 15.1. The molecule has 5 unspecified atom stereocenters. The molecule has 0 heterocycles. The average molecular weight is 572 g/mol. The van der Waals surface area contributed by atoms with Crippen LogP contribution in [0.25, 0.3) is 0 Å². The Morgan fingerprint density at radius 2 is 1.91 bits per heavy atom. The molecule has 4 aliphatic carbocycles. The standard InChI is InChI=1S/C28H44O4Te/c1-16(29)22-14-23(33-15-26(3,4)5)25-20-9-8-18-12-19(31)13-24(32-17(2)30)28(18,7)21(20)10-11-27(22,25)6/h8,19-25,31H,9-15H2,1-7H3/t19-,20?,21?,22+,23?,24?,25?,27-,28-/m0/s1. The zero-order valence-corrected chi connectivity index (χ0v) is 24.0. The predicted molar refractivity (Wildman–Crippen MR) is 132 cm³/mol. The molecule has 3 saturated carbocycles. The quantitative estimate of drug-likeness (QED) is 0.270. The zero-order valence-electron chi connectivity index (χ0n) is 21.6. The first-order valence-electron chi connectivity index (χ1n) is 12.9. The van der Waals surface area contributed by atoms with E-state index in [0.717, 1.165) is 25.7 Å². The monoisotopic (exact) mass is 574 g/mol. The van der Waals surface area contributed by atoms with Crippen molar-refractivity contribution in [2.24, 2.45) is 39.9 Å². The molecule has 4 aliphatic rings. The molecule has 0 aliphatic heterocycles. The molecule has 186 valence electrons. The van der Waals surface area contributed by atoms with Gasteiger partial charge in [0.2, 0.25) is 0 Å². The van der Waals surface area contributed by atoms with Gasteiger partial charge in [-0.05, 0) is 0 Å². The Hall–Kier alpha value is -0.370. The molecule has 0 aromatic heterocycles. The molecule has 1 N–H and O–H groups in total. The van der Waals surface area contributed by atoms with Crippen molar-refractivity contribution in [3.63, 3.8) is 0 Å². The van der Waals surface area contributed by atoms with Crippen molar-refractivity contribution in [2.45, 2.75) is 108 Å². The van der Waals surface area contributed by atoms with Crippen molar-refractivity contribution in [3.8, 4) is 0 Å². The van der Waals surface area contributed by atoms with E-state index >= 15 is 0 Å². The number of aliphatic hydroxyl groups excluding tert-OH is 1. The number of hydrogen-bond donors (Lipinski definition) is 1. The van der Waals surface area contributed by atoms with Crippen LogP contribution in [0.1, 0.15) is 87.0 Å². The van der Waals surface area contributed by atoms with Gasteiger partial charge in [0.05, 0.1) is 0 Å². The SMILES string of the molecule is CC(=O)OC1C[C@@H](O)CC2=CCC3C(CC[C@]4(C)C3C([Te]CC(C)(C)C)C[C@@H]4C(C)=O)[C@]21C. The predicted octanol–water partition coefficient (Wildman–Crippen LogP) is 5.62. The van der Waals surface area contributed by atoms with Gasteiger partial charge in [0, 0.05) is 0 Å². The van der Waals surface area contributed by atoms with Gasteiger partial charge in [0.15, 0.2) is 0 Å². The van der Waals surface area contributed by atoms with Crippen LogP contribution in [0.15, 0.2) is 11.6 Å². The number of hydrogen-bond acceptors (Lipinski definition) is 4. The summed E-state index contributed by atoms with van der Waals surface area (Å²) < 4.78 is 7.94. The Kier molecular flexibility index (Phi) is 6.96. The summed E-state index contributed by atoms with van der Waals surface area (Å²) in [5, 5.41) is 10.6. The third-order valence-electron chi connectivity index (χ3n) is 9.64. The topological polar surface area (TPSA) is 63.6 Å². The number of rotatable bonds is 4. The summed E-state index contributed by atoms with van der Waals surface area (Å²) >= 11 is -0.219. The van der Waals surface area contributed by atoms with Crippen LogP contribution in [0, 0.1) is 39.9 Å². The van der Waals surface area contributed by atoms with Crippen molar-refractivity contribution < 1.29 is 19.4 Å². The maximum absolute atomic E-state index is 12.8. The molecule has 0 aromatic carbocycles. The number of allylic oxidation sites excluding steroid dienone is 1. The second-order valence-corrected chi connectivity index (χ2v) is 16.6. The zero-order chi connectivity index (χ0) is 24.3.